The van der Waals surface area contributed by atoms with Crippen molar-refractivity contribution in [2.75, 3.05) is 17.2 Å². The highest BCUT2D eigenvalue weighted by Gasteiger charge is 2.07. The second-order valence-electron chi connectivity index (χ2n) is 7.62. The topological polar surface area (TPSA) is 118 Å². The fourth-order valence-electron chi connectivity index (χ4n) is 3.66. The van der Waals surface area contributed by atoms with E-state index in [9.17, 15) is 0 Å². The van der Waals surface area contributed by atoms with Gasteiger partial charge in [0.2, 0.25) is 11.9 Å². The Balaban J connectivity index is 0.00000141. The minimum atomic E-state index is 0.110. The molecule has 35 heavy (non-hydrogen) atoms. The number of benzene rings is 3. The lowest BCUT2D eigenvalue weighted by Gasteiger charge is -2.09. The van der Waals surface area contributed by atoms with Gasteiger partial charge in [0.15, 0.2) is 0 Å². The van der Waals surface area contributed by atoms with E-state index in [1.54, 1.807) is 0 Å². The molecule has 3 aromatic carbocycles. The van der Waals surface area contributed by atoms with E-state index in [1.807, 2.05) is 78.3 Å². The standard InChI is InChI=1S/C25H23N7O.CH2O/c33-12-11-18-7-4-8-21(13-18)29-24-26-17-27-25(31-24)30-22-9-10-23-20(14-22)15-28-32(23)16-19-5-2-1-3-6-19;1-2/h1-10,13-15,17,33H,11-12,16H2,(H2,26,27,29,30,31);1H2. The second kappa shape index (κ2) is 11.5. The van der Waals surface area contributed by atoms with Crippen molar-refractivity contribution in [1.82, 2.24) is 24.7 Å². The predicted octanol–water partition coefficient (Wildman–Crippen LogP) is 4.11. The summed E-state index contributed by atoms with van der Waals surface area (Å²) < 4.78 is 1.99. The van der Waals surface area contributed by atoms with Gasteiger partial charge in [-0.15, -0.1) is 0 Å². The predicted molar refractivity (Wildman–Crippen MR) is 136 cm³/mol. The number of rotatable bonds is 8. The number of carbonyl (C=O) groups excluding carboxylic acids is 1. The van der Waals surface area contributed by atoms with Gasteiger partial charge in [0.05, 0.1) is 18.3 Å². The fourth-order valence-corrected chi connectivity index (χ4v) is 3.66. The third kappa shape index (κ3) is 6.04. The lowest BCUT2D eigenvalue weighted by Crippen LogP contribution is -2.03. The molecule has 0 spiro atoms. The average molecular weight is 468 g/mol. The van der Waals surface area contributed by atoms with Gasteiger partial charge in [-0.25, -0.2) is 9.97 Å². The van der Waals surface area contributed by atoms with Crippen LogP contribution in [-0.4, -0.2) is 43.2 Å². The first-order chi connectivity index (χ1) is 17.3. The number of aliphatic hydroxyl groups excluding tert-OH is 1. The maximum absolute atomic E-state index is 9.14. The van der Waals surface area contributed by atoms with Gasteiger partial charge in [-0.05, 0) is 47.9 Å². The SMILES string of the molecule is C=O.OCCc1cccc(Nc2ncnc(Nc3ccc4c(cnn4Cc4ccccc4)c3)n2)c1. The molecule has 9 heteroatoms. The summed E-state index contributed by atoms with van der Waals surface area (Å²) in [5, 5.41) is 21.1. The van der Waals surface area contributed by atoms with Gasteiger partial charge in [0.1, 0.15) is 13.1 Å². The van der Waals surface area contributed by atoms with Gasteiger partial charge in [0, 0.05) is 23.4 Å². The van der Waals surface area contributed by atoms with E-state index in [4.69, 9.17) is 9.90 Å². The van der Waals surface area contributed by atoms with Crippen molar-refractivity contribution in [3.8, 4) is 0 Å². The fraction of sp³-hybridized carbons (Fsp3) is 0.115. The first-order valence-electron chi connectivity index (χ1n) is 11.0. The van der Waals surface area contributed by atoms with Crippen LogP contribution in [0, 0.1) is 0 Å². The summed E-state index contributed by atoms with van der Waals surface area (Å²) in [5.74, 6) is 0.875. The number of nitrogens with zero attached hydrogens (tertiary/aromatic N) is 5. The normalized spacial score (nSPS) is 10.4. The van der Waals surface area contributed by atoms with Gasteiger partial charge in [-0.2, -0.15) is 10.1 Å². The Hall–Kier alpha value is -4.63. The lowest BCUT2D eigenvalue weighted by molar-refractivity contribution is -0.0979. The molecule has 0 aliphatic carbocycles. The number of anilines is 4. The number of fused-ring (bicyclic) bond motifs is 1. The van der Waals surface area contributed by atoms with Crippen LogP contribution in [0.4, 0.5) is 23.3 Å². The first-order valence-corrected chi connectivity index (χ1v) is 11.0. The summed E-state index contributed by atoms with van der Waals surface area (Å²) in [6.07, 6.45) is 3.93. The maximum Gasteiger partial charge on any atom is 0.232 e. The summed E-state index contributed by atoms with van der Waals surface area (Å²) in [4.78, 5) is 20.9. The van der Waals surface area contributed by atoms with Gasteiger partial charge in [0.25, 0.3) is 0 Å². The Morgan fingerprint density at radius 3 is 2.29 bits per heavy atom. The molecule has 5 rings (SSSR count). The zero-order valence-electron chi connectivity index (χ0n) is 19.0. The largest absolute Gasteiger partial charge is 0.396 e. The van der Waals surface area contributed by atoms with Crippen molar-refractivity contribution in [1.29, 1.82) is 0 Å². The van der Waals surface area contributed by atoms with Crippen LogP contribution in [0.15, 0.2) is 85.3 Å². The van der Waals surface area contributed by atoms with Crippen molar-refractivity contribution in [3.63, 3.8) is 0 Å². The number of nitrogens with one attached hydrogen (secondary N) is 2. The monoisotopic (exact) mass is 467 g/mol. The lowest BCUT2D eigenvalue weighted by atomic mass is 10.1. The maximum atomic E-state index is 9.14. The molecule has 5 aromatic rings. The van der Waals surface area contributed by atoms with Crippen LogP contribution in [0.25, 0.3) is 10.9 Å². The molecule has 0 aliphatic heterocycles. The van der Waals surface area contributed by atoms with E-state index >= 15 is 0 Å². The Bertz CT molecular complexity index is 1390. The molecule has 9 nitrogen and oxygen atoms in total. The number of hydrogen-bond donors (Lipinski definition) is 3. The average Bonchev–Trinajstić information content (AvgIpc) is 3.28. The molecule has 0 aliphatic rings. The number of carbonyl (C=O) groups is 1. The van der Waals surface area contributed by atoms with E-state index in [2.05, 4.69) is 42.8 Å². The molecule has 0 radical (unpaired) electrons. The minimum Gasteiger partial charge on any atom is -0.396 e. The van der Waals surface area contributed by atoms with E-state index in [1.165, 1.54) is 11.9 Å². The molecule has 0 fully saturated rings. The van der Waals surface area contributed by atoms with Crippen LogP contribution in [0.1, 0.15) is 11.1 Å². The summed E-state index contributed by atoms with van der Waals surface area (Å²) in [7, 11) is 0. The summed E-state index contributed by atoms with van der Waals surface area (Å²) in [5.41, 5.74) is 5.02. The van der Waals surface area contributed by atoms with Crippen LogP contribution in [-0.2, 0) is 17.8 Å². The molecular weight excluding hydrogens is 442 g/mol. The third-order valence-corrected chi connectivity index (χ3v) is 5.23. The second-order valence-corrected chi connectivity index (χ2v) is 7.62. The van der Waals surface area contributed by atoms with E-state index < -0.39 is 0 Å². The highest BCUT2D eigenvalue weighted by Crippen LogP contribution is 2.22. The molecule has 0 atom stereocenters. The Labute approximate surface area is 202 Å². The molecule has 0 bridgehead atoms. The molecule has 0 saturated heterocycles. The zero-order chi connectivity index (χ0) is 24.5. The number of hydrogen-bond acceptors (Lipinski definition) is 8. The molecular formula is C26H25N7O2. The highest BCUT2D eigenvalue weighted by atomic mass is 16.3. The van der Waals surface area contributed by atoms with Crippen molar-refractivity contribution in [2.24, 2.45) is 0 Å². The Kier molecular flexibility index (Phi) is 7.72. The van der Waals surface area contributed by atoms with Crippen molar-refractivity contribution >= 4 is 41.0 Å². The Morgan fingerprint density at radius 2 is 1.54 bits per heavy atom. The zero-order valence-corrected chi connectivity index (χ0v) is 19.0. The summed E-state index contributed by atoms with van der Waals surface area (Å²) >= 11 is 0. The number of aromatic nitrogens is 5. The molecule has 2 heterocycles. The smallest absolute Gasteiger partial charge is 0.232 e. The van der Waals surface area contributed by atoms with Crippen molar-refractivity contribution in [2.45, 2.75) is 13.0 Å². The van der Waals surface area contributed by atoms with Crippen molar-refractivity contribution in [3.05, 3.63) is 96.4 Å². The molecule has 3 N–H and O–H groups in total. The summed E-state index contributed by atoms with van der Waals surface area (Å²) in [6.45, 7) is 2.83. The van der Waals surface area contributed by atoms with Crippen LogP contribution >= 0.6 is 0 Å². The van der Waals surface area contributed by atoms with Gasteiger partial charge >= 0.3 is 0 Å². The van der Waals surface area contributed by atoms with E-state index in [0.29, 0.717) is 18.3 Å². The van der Waals surface area contributed by atoms with Gasteiger partial charge < -0.3 is 20.5 Å². The minimum absolute atomic E-state index is 0.110. The third-order valence-electron chi connectivity index (χ3n) is 5.23. The Morgan fingerprint density at radius 1 is 0.829 bits per heavy atom. The molecule has 0 unspecified atom stereocenters. The van der Waals surface area contributed by atoms with Gasteiger partial charge in [-0.3, -0.25) is 4.68 Å². The molecule has 2 aromatic heterocycles. The van der Waals surface area contributed by atoms with Crippen molar-refractivity contribution < 1.29 is 9.90 Å². The van der Waals surface area contributed by atoms with Crippen LogP contribution in [0.3, 0.4) is 0 Å². The van der Waals surface area contributed by atoms with Crippen LogP contribution in [0.2, 0.25) is 0 Å². The first kappa shape index (κ1) is 23.5. The number of aliphatic hydroxyl groups is 1. The van der Waals surface area contributed by atoms with Crippen LogP contribution < -0.4 is 10.6 Å². The molecule has 176 valence electrons. The van der Waals surface area contributed by atoms with E-state index in [-0.39, 0.29) is 6.61 Å². The van der Waals surface area contributed by atoms with E-state index in [0.717, 1.165) is 34.4 Å². The quantitative estimate of drug-likeness (QED) is 0.312. The highest BCUT2D eigenvalue weighted by molar-refractivity contribution is 5.83. The molecule has 0 saturated carbocycles. The van der Waals surface area contributed by atoms with Crippen LogP contribution in [0.5, 0.6) is 0 Å². The molecule has 0 amide bonds. The summed E-state index contributed by atoms with van der Waals surface area (Å²) in [6, 6.07) is 24.1. The van der Waals surface area contributed by atoms with Gasteiger partial charge in [-0.1, -0.05) is 42.5 Å².